The lowest BCUT2D eigenvalue weighted by Gasteiger charge is -2.44. The standard InChI is InChI=1S/C13H26N2/c1-3-7-15-9-6-12-10-14(4-2)8-5-13(12)11-15/h12-13H,3-11H2,1-2H3. The van der Waals surface area contributed by atoms with Crippen LogP contribution in [0.2, 0.25) is 0 Å². The number of rotatable bonds is 3. The summed E-state index contributed by atoms with van der Waals surface area (Å²) < 4.78 is 0. The SMILES string of the molecule is CCCN1CCC2CN(CC)CCC2C1. The zero-order chi connectivity index (χ0) is 10.7. The Morgan fingerprint density at radius 2 is 1.53 bits per heavy atom. The normalized spacial score (nSPS) is 34.0. The van der Waals surface area contributed by atoms with E-state index in [0.29, 0.717) is 0 Å². The number of hydrogen-bond acceptors (Lipinski definition) is 2. The molecule has 2 atom stereocenters. The minimum absolute atomic E-state index is 1.01. The monoisotopic (exact) mass is 210 g/mol. The molecule has 0 bridgehead atoms. The van der Waals surface area contributed by atoms with E-state index in [1.807, 2.05) is 0 Å². The molecule has 0 spiro atoms. The molecule has 15 heavy (non-hydrogen) atoms. The zero-order valence-corrected chi connectivity index (χ0v) is 10.4. The van der Waals surface area contributed by atoms with Crippen LogP contribution in [0.1, 0.15) is 33.1 Å². The maximum absolute atomic E-state index is 2.68. The summed E-state index contributed by atoms with van der Waals surface area (Å²) in [6.45, 7) is 12.6. The molecule has 2 nitrogen and oxygen atoms in total. The van der Waals surface area contributed by atoms with Crippen molar-refractivity contribution in [3.63, 3.8) is 0 Å². The fourth-order valence-electron chi connectivity index (χ4n) is 3.30. The van der Waals surface area contributed by atoms with Crippen molar-refractivity contribution in [2.24, 2.45) is 11.8 Å². The summed E-state index contributed by atoms with van der Waals surface area (Å²) in [5.74, 6) is 2.01. The van der Waals surface area contributed by atoms with Crippen molar-refractivity contribution in [2.45, 2.75) is 33.1 Å². The third kappa shape index (κ3) is 2.73. The fourth-order valence-corrected chi connectivity index (χ4v) is 3.30. The molecule has 2 heteroatoms. The number of nitrogens with zero attached hydrogens (tertiary/aromatic N) is 2. The van der Waals surface area contributed by atoms with Crippen LogP contribution < -0.4 is 0 Å². The van der Waals surface area contributed by atoms with Crippen molar-refractivity contribution in [2.75, 3.05) is 39.3 Å². The number of likely N-dealkylation sites (tertiary alicyclic amines) is 2. The molecule has 2 unspecified atom stereocenters. The Kier molecular flexibility index (Phi) is 4.04. The van der Waals surface area contributed by atoms with Gasteiger partial charge in [-0.15, -0.1) is 0 Å². The largest absolute Gasteiger partial charge is 0.303 e. The Hall–Kier alpha value is -0.0800. The van der Waals surface area contributed by atoms with Crippen molar-refractivity contribution < 1.29 is 0 Å². The zero-order valence-electron chi connectivity index (χ0n) is 10.4. The topological polar surface area (TPSA) is 6.48 Å². The smallest absolute Gasteiger partial charge is 0.00133 e. The minimum atomic E-state index is 1.01. The molecule has 0 aliphatic carbocycles. The van der Waals surface area contributed by atoms with Crippen LogP contribution in [0, 0.1) is 11.8 Å². The van der Waals surface area contributed by atoms with Gasteiger partial charge in [-0.3, -0.25) is 0 Å². The Morgan fingerprint density at radius 3 is 2.13 bits per heavy atom. The van der Waals surface area contributed by atoms with Gasteiger partial charge in [0.1, 0.15) is 0 Å². The molecule has 88 valence electrons. The van der Waals surface area contributed by atoms with Crippen LogP contribution in [0.5, 0.6) is 0 Å². The molecular formula is C13H26N2. The first kappa shape index (κ1) is 11.4. The van der Waals surface area contributed by atoms with Gasteiger partial charge in [0.15, 0.2) is 0 Å². The minimum Gasteiger partial charge on any atom is -0.303 e. The van der Waals surface area contributed by atoms with E-state index < -0.39 is 0 Å². The van der Waals surface area contributed by atoms with Gasteiger partial charge in [0, 0.05) is 13.1 Å². The first-order chi connectivity index (χ1) is 7.33. The van der Waals surface area contributed by atoms with Gasteiger partial charge in [-0.1, -0.05) is 13.8 Å². The van der Waals surface area contributed by atoms with E-state index in [9.17, 15) is 0 Å². The Bertz CT molecular complexity index is 193. The number of fused-ring (bicyclic) bond motifs is 1. The molecule has 2 aliphatic heterocycles. The molecule has 0 saturated carbocycles. The van der Waals surface area contributed by atoms with Gasteiger partial charge in [0.2, 0.25) is 0 Å². The van der Waals surface area contributed by atoms with Gasteiger partial charge in [-0.25, -0.2) is 0 Å². The second kappa shape index (κ2) is 5.31. The predicted octanol–water partition coefficient (Wildman–Crippen LogP) is 2.06. The molecule has 0 radical (unpaired) electrons. The lowest BCUT2D eigenvalue weighted by molar-refractivity contribution is 0.0450. The van der Waals surface area contributed by atoms with Crippen LogP contribution in [-0.4, -0.2) is 49.1 Å². The Labute approximate surface area is 94.6 Å². The van der Waals surface area contributed by atoms with E-state index in [1.165, 1.54) is 58.5 Å². The van der Waals surface area contributed by atoms with Crippen LogP contribution in [0.4, 0.5) is 0 Å². The fraction of sp³-hybridized carbons (Fsp3) is 1.00. The van der Waals surface area contributed by atoms with Crippen molar-refractivity contribution in [3.05, 3.63) is 0 Å². The molecule has 0 aromatic heterocycles. The average molecular weight is 210 g/mol. The first-order valence-corrected chi connectivity index (χ1v) is 6.78. The van der Waals surface area contributed by atoms with Crippen LogP contribution in [0.3, 0.4) is 0 Å². The average Bonchev–Trinajstić information content (AvgIpc) is 2.29. The lowest BCUT2D eigenvalue weighted by atomic mass is 9.80. The van der Waals surface area contributed by atoms with Gasteiger partial charge < -0.3 is 9.80 Å². The number of hydrogen-bond donors (Lipinski definition) is 0. The van der Waals surface area contributed by atoms with Crippen LogP contribution >= 0.6 is 0 Å². The van der Waals surface area contributed by atoms with E-state index >= 15 is 0 Å². The first-order valence-electron chi connectivity index (χ1n) is 6.78. The summed E-state index contributed by atoms with van der Waals surface area (Å²) in [4.78, 5) is 5.32. The van der Waals surface area contributed by atoms with Crippen LogP contribution in [0.25, 0.3) is 0 Å². The van der Waals surface area contributed by atoms with Crippen molar-refractivity contribution in [3.8, 4) is 0 Å². The second-order valence-electron chi connectivity index (χ2n) is 5.29. The highest BCUT2D eigenvalue weighted by Gasteiger charge is 2.32. The molecule has 0 aromatic rings. The van der Waals surface area contributed by atoms with E-state index in [0.717, 1.165) is 11.8 Å². The van der Waals surface area contributed by atoms with E-state index in [4.69, 9.17) is 0 Å². The van der Waals surface area contributed by atoms with E-state index in [1.54, 1.807) is 0 Å². The molecule has 0 N–H and O–H groups in total. The van der Waals surface area contributed by atoms with Crippen molar-refractivity contribution in [1.29, 1.82) is 0 Å². The van der Waals surface area contributed by atoms with E-state index in [-0.39, 0.29) is 0 Å². The summed E-state index contributed by atoms with van der Waals surface area (Å²) in [5, 5.41) is 0. The molecule has 0 aromatic carbocycles. The van der Waals surface area contributed by atoms with E-state index in [2.05, 4.69) is 23.6 Å². The van der Waals surface area contributed by atoms with Crippen molar-refractivity contribution in [1.82, 2.24) is 9.80 Å². The third-order valence-corrected chi connectivity index (χ3v) is 4.27. The summed E-state index contributed by atoms with van der Waals surface area (Å²) in [7, 11) is 0. The summed E-state index contributed by atoms with van der Waals surface area (Å²) >= 11 is 0. The maximum Gasteiger partial charge on any atom is 0.00133 e. The third-order valence-electron chi connectivity index (χ3n) is 4.27. The maximum atomic E-state index is 2.68. The lowest BCUT2D eigenvalue weighted by Crippen LogP contribution is -2.49. The van der Waals surface area contributed by atoms with Gasteiger partial charge in [-0.05, 0) is 57.3 Å². The summed E-state index contributed by atoms with van der Waals surface area (Å²) in [5.41, 5.74) is 0. The molecule has 2 heterocycles. The number of piperidine rings is 2. The highest BCUT2D eigenvalue weighted by molar-refractivity contribution is 4.86. The molecule has 0 amide bonds. The molecule has 2 saturated heterocycles. The van der Waals surface area contributed by atoms with Gasteiger partial charge >= 0.3 is 0 Å². The van der Waals surface area contributed by atoms with Gasteiger partial charge in [-0.2, -0.15) is 0 Å². The molecular weight excluding hydrogens is 184 g/mol. The van der Waals surface area contributed by atoms with Crippen LogP contribution in [-0.2, 0) is 0 Å². The van der Waals surface area contributed by atoms with Gasteiger partial charge in [0.05, 0.1) is 0 Å². The summed E-state index contributed by atoms with van der Waals surface area (Å²) in [6.07, 6.45) is 4.21. The Balaban J connectivity index is 1.83. The molecule has 2 aliphatic rings. The van der Waals surface area contributed by atoms with Crippen LogP contribution in [0.15, 0.2) is 0 Å². The highest BCUT2D eigenvalue weighted by atomic mass is 15.2. The Morgan fingerprint density at radius 1 is 0.933 bits per heavy atom. The van der Waals surface area contributed by atoms with Crippen molar-refractivity contribution >= 4 is 0 Å². The highest BCUT2D eigenvalue weighted by Crippen LogP contribution is 2.30. The van der Waals surface area contributed by atoms with Gasteiger partial charge in [0.25, 0.3) is 0 Å². The molecule has 2 fully saturated rings. The summed E-state index contributed by atoms with van der Waals surface area (Å²) in [6, 6.07) is 0. The quantitative estimate of drug-likeness (QED) is 0.703. The molecule has 2 rings (SSSR count). The second-order valence-corrected chi connectivity index (χ2v) is 5.29. The predicted molar refractivity (Wildman–Crippen MR) is 65.1 cm³/mol.